The molecule has 1 aliphatic heterocycles. The molecular weight excluding hydrogens is 522 g/mol. The first-order valence-corrected chi connectivity index (χ1v) is 12.9. The summed E-state index contributed by atoms with van der Waals surface area (Å²) in [6.07, 6.45) is 0.378. The molecule has 0 fully saturated rings. The number of ether oxygens (including phenoxy) is 1. The molecule has 168 valence electrons. The number of aromatic nitrogens is 1. The van der Waals surface area contributed by atoms with Crippen LogP contribution in [0.5, 0.6) is 0 Å². The lowest BCUT2D eigenvalue weighted by Gasteiger charge is -2.26. The molecule has 1 N–H and O–H groups in total. The number of amides is 2. The van der Waals surface area contributed by atoms with Crippen molar-refractivity contribution in [3.05, 3.63) is 69.0 Å². The molecule has 0 radical (unpaired) electrons. The molecule has 2 aromatic heterocycles. The average Bonchev–Trinajstić information content (AvgIpc) is 3.39. The molecule has 0 saturated carbocycles. The highest BCUT2D eigenvalue weighted by molar-refractivity contribution is 9.10. The number of rotatable bonds is 4. The zero-order valence-corrected chi connectivity index (χ0v) is 21.0. The summed E-state index contributed by atoms with van der Waals surface area (Å²) >= 11 is 6.53. The monoisotopic (exact) mass is 541 g/mol. The van der Waals surface area contributed by atoms with Crippen LogP contribution in [0.1, 0.15) is 27.7 Å². The van der Waals surface area contributed by atoms with Crippen molar-refractivity contribution in [3.63, 3.8) is 0 Å². The van der Waals surface area contributed by atoms with Gasteiger partial charge >= 0.3 is 6.09 Å². The van der Waals surface area contributed by atoms with Crippen LogP contribution in [0.4, 0.5) is 9.80 Å². The van der Waals surface area contributed by atoms with Crippen LogP contribution < -0.4 is 5.32 Å². The minimum Gasteiger partial charge on any atom is -0.450 e. The Morgan fingerprint density at radius 1 is 1.15 bits per heavy atom. The van der Waals surface area contributed by atoms with Gasteiger partial charge in [-0.2, -0.15) is 0 Å². The van der Waals surface area contributed by atoms with Gasteiger partial charge in [-0.25, -0.2) is 9.78 Å². The molecule has 33 heavy (non-hydrogen) atoms. The number of nitrogens with zero attached hydrogens (tertiary/aromatic N) is 2. The van der Waals surface area contributed by atoms with Crippen LogP contribution in [0.2, 0.25) is 0 Å². The third-order valence-electron chi connectivity index (χ3n) is 5.42. The van der Waals surface area contributed by atoms with Gasteiger partial charge in [-0.15, -0.1) is 22.7 Å². The van der Waals surface area contributed by atoms with Gasteiger partial charge in [0.1, 0.15) is 10.0 Å². The second kappa shape index (κ2) is 9.24. The van der Waals surface area contributed by atoms with Gasteiger partial charge in [-0.3, -0.25) is 4.79 Å². The van der Waals surface area contributed by atoms with E-state index in [0.717, 1.165) is 40.7 Å². The lowest BCUT2D eigenvalue weighted by molar-refractivity contribution is 0.102. The van der Waals surface area contributed by atoms with Gasteiger partial charge in [0.25, 0.3) is 5.91 Å². The Bertz CT molecular complexity index is 1310. The molecular formula is C24H20BrN3O3S2. The van der Waals surface area contributed by atoms with Crippen LogP contribution in [0, 0.1) is 0 Å². The number of halogens is 1. The van der Waals surface area contributed by atoms with Crippen LogP contribution in [-0.4, -0.2) is 35.0 Å². The quantitative estimate of drug-likeness (QED) is 0.317. The molecule has 9 heteroatoms. The van der Waals surface area contributed by atoms with Crippen LogP contribution >= 0.6 is 38.6 Å². The number of carbonyl (C=O) groups excluding carboxylic acids is 2. The largest absolute Gasteiger partial charge is 0.450 e. The molecule has 0 aliphatic carbocycles. The Hall–Kier alpha value is -2.75. The second-order valence-electron chi connectivity index (χ2n) is 7.53. The van der Waals surface area contributed by atoms with E-state index < -0.39 is 0 Å². The third-order valence-corrected chi connectivity index (χ3v) is 8.14. The van der Waals surface area contributed by atoms with E-state index in [2.05, 4.69) is 27.3 Å². The summed E-state index contributed by atoms with van der Waals surface area (Å²) in [7, 11) is 0. The summed E-state index contributed by atoms with van der Waals surface area (Å²) in [6, 6.07) is 15.3. The Balaban J connectivity index is 1.55. The number of thiazole rings is 1. The lowest BCUT2D eigenvalue weighted by atomic mass is 10.0. The van der Waals surface area contributed by atoms with Crippen molar-refractivity contribution in [2.75, 3.05) is 18.5 Å². The Labute approximate surface area is 207 Å². The standard InChI is InChI=1S/C24H20BrN3O3S2/c1-2-31-24(30)28-12-11-16-19(13-28)33-23(27-21(29)14-7-9-15(25)10-8-14)20(16)22-26-17-5-3-4-6-18(17)32-22/h3-10H,2,11-13H2,1H3,(H,27,29). The number of anilines is 1. The van der Waals surface area contributed by atoms with E-state index in [0.29, 0.717) is 31.7 Å². The summed E-state index contributed by atoms with van der Waals surface area (Å²) in [4.78, 5) is 33.0. The van der Waals surface area contributed by atoms with E-state index in [9.17, 15) is 9.59 Å². The number of hydrogen-bond donors (Lipinski definition) is 1. The van der Waals surface area contributed by atoms with E-state index in [-0.39, 0.29) is 12.0 Å². The Kier molecular flexibility index (Phi) is 6.18. The smallest absolute Gasteiger partial charge is 0.410 e. The highest BCUT2D eigenvalue weighted by Gasteiger charge is 2.30. The maximum absolute atomic E-state index is 13.0. The summed E-state index contributed by atoms with van der Waals surface area (Å²) < 4.78 is 7.21. The van der Waals surface area contributed by atoms with Gasteiger partial charge in [0, 0.05) is 27.0 Å². The molecule has 3 heterocycles. The fourth-order valence-corrected chi connectivity index (χ4v) is 6.48. The number of para-hydroxylation sites is 1. The number of fused-ring (bicyclic) bond motifs is 2. The predicted molar refractivity (Wildman–Crippen MR) is 136 cm³/mol. The minimum absolute atomic E-state index is 0.175. The van der Waals surface area contributed by atoms with E-state index in [1.807, 2.05) is 30.3 Å². The molecule has 4 aromatic rings. The summed E-state index contributed by atoms with van der Waals surface area (Å²) in [6.45, 7) is 3.18. The van der Waals surface area contributed by atoms with E-state index in [4.69, 9.17) is 9.72 Å². The highest BCUT2D eigenvalue weighted by Crippen LogP contribution is 2.45. The van der Waals surface area contributed by atoms with Gasteiger partial charge in [0.2, 0.25) is 0 Å². The van der Waals surface area contributed by atoms with Crippen molar-refractivity contribution in [2.45, 2.75) is 19.9 Å². The Morgan fingerprint density at radius 3 is 2.70 bits per heavy atom. The molecule has 6 nitrogen and oxygen atoms in total. The first-order valence-electron chi connectivity index (χ1n) is 10.5. The third kappa shape index (κ3) is 4.40. The molecule has 2 aromatic carbocycles. The van der Waals surface area contributed by atoms with Crippen molar-refractivity contribution in [3.8, 4) is 10.6 Å². The van der Waals surface area contributed by atoms with Crippen molar-refractivity contribution >= 4 is 65.8 Å². The molecule has 1 aliphatic rings. The molecule has 0 saturated heterocycles. The fraction of sp³-hybridized carbons (Fsp3) is 0.208. The zero-order valence-electron chi connectivity index (χ0n) is 17.8. The molecule has 5 rings (SSSR count). The molecule has 2 amide bonds. The summed E-state index contributed by atoms with van der Waals surface area (Å²) in [5.74, 6) is -0.175. The minimum atomic E-state index is -0.307. The Morgan fingerprint density at radius 2 is 1.94 bits per heavy atom. The van der Waals surface area contributed by atoms with Crippen molar-refractivity contribution < 1.29 is 14.3 Å². The van der Waals surface area contributed by atoms with Crippen molar-refractivity contribution in [1.29, 1.82) is 0 Å². The highest BCUT2D eigenvalue weighted by atomic mass is 79.9. The molecule has 0 spiro atoms. The van der Waals surface area contributed by atoms with Gasteiger partial charge in [-0.05, 0) is 55.3 Å². The van der Waals surface area contributed by atoms with Gasteiger partial charge < -0.3 is 15.0 Å². The summed E-state index contributed by atoms with van der Waals surface area (Å²) in [5, 5.41) is 4.75. The lowest BCUT2D eigenvalue weighted by Crippen LogP contribution is -2.35. The number of hydrogen-bond acceptors (Lipinski definition) is 6. The topological polar surface area (TPSA) is 71.5 Å². The van der Waals surface area contributed by atoms with Crippen molar-refractivity contribution in [1.82, 2.24) is 9.88 Å². The first kappa shape index (κ1) is 22.1. The maximum Gasteiger partial charge on any atom is 0.410 e. The van der Waals surface area contributed by atoms with Crippen LogP contribution in [0.25, 0.3) is 20.8 Å². The van der Waals surface area contributed by atoms with E-state index >= 15 is 0 Å². The number of thiophene rings is 1. The SMILES string of the molecule is CCOC(=O)N1CCc2c(sc(NC(=O)c3ccc(Br)cc3)c2-c2nc3ccccc3s2)C1. The maximum atomic E-state index is 13.0. The second-order valence-corrected chi connectivity index (χ2v) is 10.6. The van der Waals surface area contributed by atoms with Gasteiger partial charge in [0.05, 0.1) is 23.4 Å². The predicted octanol–water partition coefficient (Wildman–Crippen LogP) is 6.55. The zero-order chi connectivity index (χ0) is 22.9. The molecule has 0 bridgehead atoms. The van der Waals surface area contributed by atoms with E-state index in [1.54, 1.807) is 35.3 Å². The van der Waals surface area contributed by atoms with Crippen molar-refractivity contribution in [2.24, 2.45) is 0 Å². The number of benzene rings is 2. The molecule has 0 unspecified atom stereocenters. The first-order chi connectivity index (χ1) is 16.0. The average molecular weight is 542 g/mol. The van der Waals surface area contributed by atoms with Gasteiger partial charge in [0.15, 0.2) is 0 Å². The fourth-order valence-electron chi connectivity index (χ4n) is 3.84. The van der Waals surface area contributed by atoms with E-state index in [1.165, 1.54) is 11.3 Å². The molecule has 0 atom stereocenters. The summed E-state index contributed by atoms with van der Waals surface area (Å²) in [5.41, 5.74) is 3.62. The normalized spacial score (nSPS) is 13.1. The van der Waals surface area contributed by atoms with Crippen LogP contribution in [0.3, 0.4) is 0 Å². The number of carbonyl (C=O) groups is 2. The van der Waals surface area contributed by atoms with Gasteiger partial charge in [-0.1, -0.05) is 28.1 Å². The number of nitrogens with one attached hydrogen (secondary N) is 1. The van der Waals surface area contributed by atoms with Crippen LogP contribution in [0.15, 0.2) is 53.0 Å². The van der Waals surface area contributed by atoms with Crippen LogP contribution in [-0.2, 0) is 17.7 Å².